The SMILES string of the molecule is Cc1cc(F)ccc1-c1cncc(O[C@H]2SC[C@@H](O)[C@H](O)[C@H]2O)c1. The van der Waals surface area contributed by atoms with Crippen LogP contribution in [0.25, 0.3) is 11.1 Å². The molecule has 0 unspecified atom stereocenters. The minimum absolute atomic E-state index is 0.271. The summed E-state index contributed by atoms with van der Waals surface area (Å²) in [7, 11) is 0. The highest BCUT2D eigenvalue weighted by Gasteiger charge is 2.38. The normalized spacial score (nSPS) is 27.0. The number of benzene rings is 1. The fourth-order valence-corrected chi connectivity index (χ4v) is 3.72. The van der Waals surface area contributed by atoms with Crippen molar-refractivity contribution in [2.75, 3.05) is 5.75 Å². The molecule has 1 aromatic heterocycles. The van der Waals surface area contributed by atoms with Gasteiger partial charge in [0.2, 0.25) is 0 Å². The van der Waals surface area contributed by atoms with Crippen molar-refractivity contribution in [2.45, 2.75) is 30.7 Å². The molecule has 0 spiro atoms. The molecule has 1 aliphatic rings. The van der Waals surface area contributed by atoms with Gasteiger partial charge in [-0.15, -0.1) is 11.8 Å². The molecule has 0 bridgehead atoms. The monoisotopic (exact) mass is 351 g/mol. The van der Waals surface area contributed by atoms with Crippen molar-refractivity contribution in [1.82, 2.24) is 4.98 Å². The average Bonchev–Trinajstić information content (AvgIpc) is 2.56. The molecule has 3 N–H and O–H groups in total. The number of aryl methyl sites for hydroxylation is 1. The first-order chi connectivity index (χ1) is 11.5. The lowest BCUT2D eigenvalue weighted by atomic mass is 10.0. The van der Waals surface area contributed by atoms with Crippen molar-refractivity contribution in [1.29, 1.82) is 0 Å². The standard InChI is InChI=1S/C17H18FNO4S/c1-9-4-11(18)2-3-13(9)10-5-12(7-19-6-10)23-17-16(22)15(21)14(20)8-24-17/h2-7,14-17,20-22H,8H2,1H3/t14-,15+,16-,17+/m1/s1. The van der Waals surface area contributed by atoms with Crippen LogP contribution in [-0.2, 0) is 0 Å². The summed E-state index contributed by atoms with van der Waals surface area (Å²) in [6.45, 7) is 1.81. The fraction of sp³-hybridized carbons (Fsp3) is 0.353. The van der Waals surface area contributed by atoms with E-state index in [0.29, 0.717) is 5.75 Å². The summed E-state index contributed by atoms with van der Waals surface area (Å²) < 4.78 is 19.0. The Labute approximate surface area is 143 Å². The molecule has 5 nitrogen and oxygen atoms in total. The van der Waals surface area contributed by atoms with E-state index >= 15 is 0 Å². The molecule has 4 atom stereocenters. The minimum atomic E-state index is -1.24. The summed E-state index contributed by atoms with van der Waals surface area (Å²) >= 11 is 1.23. The van der Waals surface area contributed by atoms with Gasteiger partial charge >= 0.3 is 0 Å². The van der Waals surface area contributed by atoms with Crippen LogP contribution in [0.1, 0.15) is 5.56 Å². The van der Waals surface area contributed by atoms with Gasteiger partial charge < -0.3 is 20.1 Å². The fourth-order valence-electron chi connectivity index (χ4n) is 2.60. The van der Waals surface area contributed by atoms with E-state index in [0.717, 1.165) is 16.7 Å². The molecule has 2 aromatic rings. The van der Waals surface area contributed by atoms with Gasteiger partial charge in [-0.25, -0.2) is 4.39 Å². The first-order valence-electron chi connectivity index (χ1n) is 7.50. The number of halogens is 1. The number of thioether (sulfide) groups is 1. The van der Waals surface area contributed by atoms with Crippen LogP contribution in [0.15, 0.2) is 36.7 Å². The molecule has 1 aromatic carbocycles. The van der Waals surface area contributed by atoms with Crippen molar-refractivity contribution in [3.63, 3.8) is 0 Å². The maximum Gasteiger partial charge on any atom is 0.173 e. The largest absolute Gasteiger partial charge is 0.475 e. The lowest BCUT2D eigenvalue weighted by Gasteiger charge is -2.34. The number of nitrogens with zero attached hydrogens (tertiary/aromatic N) is 1. The molecule has 1 saturated heterocycles. The van der Waals surface area contributed by atoms with Crippen molar-refractivity contribution in [2.24, 2.45) is 0 Å². The zero-order chi connectivity index (χ0) is 17.3. The van der Waals surface area contributed by atoms with E-state index in [2.05, 4.69) is 4.98 Å². The second-order valence-corrected chi connectivity index (χ2v) is 6.87. The molecule has 24 heavy (non-hydrogen) atoms. The maximum absolute atomic E-state index is 13.2. The van der Waals surface area contributed by atoms with Crippen molar-refractivity contribution < 1.29 is 24.4 Å². The second kappa shape index (κ2) is 7.06. The smallest absolute Gasteiger partial charge is 0.173 e. The van der Waals surface area contributed by atoms with E-state index in [1.807, 2.05) is 6.92 Å². The van der Waals surface area contributed by atoms with E-state index in [1.165, 1.54) is 30.1 Å². The van der Waals surface area contributed by atoms with Gasteiger partial charge in [-0.2, -0.15) is 0 Å². The Morgan fingerprint density at radius 2 is 1.96 bits per heavy atom. The minimum Gasteiger partial charge on any atom is -0.475 e. The summed E-state index contributed by atoms with van der Waals surface area (Å²) in [4.78, 5) is 4.13. The molecule has 1 aliphatic heterocycles. The summed E-state index contributed by atoms with van der Waals surface area (Å²) in [6, 6.07) is 6.25. The molecular weight excluding hydrogens is 333 g/mol. The van der Waals surface area contributed by atoms with Gasteiger partial charge in [0.1, 0.15) is 23.8 Å². The van der Waals surface area contributed by atoms with E-state index in [-0.39, 0.29) is 11.6 Å². The predicted octanol–water partition coefficient (Wildman–Crippen LogP) is 1.73. The molecular formula is C17H18FNO4S. The maximum atomic E-state index is 13.2. The number of rotatable bonds is 3. The quantitative estimate of drug-likeness (QED) is 0.781. The summed E-state index contributed by atoms with van der Waals surface area (Å²) in [6.07, 6.45) is -0.263. The Hall–Kier alpha value is -1.67. The third kappa shape index (κ3) is 3.54. The predicted molar refractivity (Wildman–Crippen MR) is 89.3 cm³/mol. The van der Waals surface area contributed by atoms with Crippen LogP contribution < -0.4 is 4.74 Å². The Morgan fingerprint density at radius 1 is 1.17 bits per heavy atom. The number of aliphatic hydroxyl groups is 3. The van der Waals surface area contributed by atoms with E-state index < -0.39 is 23.7 Å². The molecule has 0 amide bonds. The first kappa shape index (κ1) is 17.2. The molecule has 1 fully saturated rings. The number of hydrogen-bond donors (Lipinski definition) is 3. The highest BCUT2D eigenvalue weighted by molar-refractivity contribution is 7.99. The van der Waals surface area contributed by atoms with Crippen LogP contribution >= 0.6 is 11.8 Å². The van der Waals surface area contributed by atoms with Crippen LogP contribution in [0.2, 0.25) is 0 Å². The van der Waals surface area contributed by atoms with Crippen LogP contribution in [0.4, 0.5) is 4.39 Å². The highest BCUT2D eigenvalue weighted by Crippen LogP contribution is 2.31. The van der Waals surface area contributed by atoms with Gasteiger partial charge in [-0.3, -0.25) is 4.98 Å². The number of hydrogen-bond acceptors (Lipinski definition) is 6. The molecule has 128 valence electrons. The molecule has 7 heteroatoms. The van der Waals surface area contributed by atoms with Crippen LogP contribution in [0.5, 0.6) is 5.75 Å². The van der Waals surface area contributed by atoms with Gasteiger partial charge in [-0.05, 0) is 36.2 Å². The van der Waals surface area contributed by atoms with Gasteiger partial charge in [0.05, 0.1) is 12.3 Å². The van der Waals surface area contributed by atoms with Gasteiger partial charge in [0, 0.05) is 17.5 Å². The number of pyridine rings is 1. The van der Waals surface area contributed by atoms with Crippen LogP contribution in [-0.4, -0.2) is 49.8 Å². The van der Waals surface area contributed by atoms with E-state index in [4.69, 9.17) is 4.74 Å². The zero-order valence-electron chi connectivity index (χ0n) is 13.0. The van der Waals surface area contributed by atoms with Crippen molar-refractivity contribution >= 4 is 11.8 Å². The number of ether oxygens (including phenoxy) is 1. The van der Waals surface area contributed by atoms with Crippen molar-refractivity contribution in [3.05, 3.63) is 48.0 Å². The van der Waals surface area contributed by atoms with Crippen LogP contribution in [0, 0.1) is 12.7 Å². The van der Waals surface area contributed by atoms with Gasteiger partial charge in [-0.1, -0.05) is 6.07 Å². The van der Waals surface area contributed by atoms with Gasteiger partial charge in [0.25, 0.3) is 0 Å². The van der Waals surface area contributed by atoms with Crippen LogP contribution in [0.3, 0.4) is 0 Å². The summed E-state index contributed by atoms with van der Waals surface area (Å²) in [5.41, 5.74) is 1.68. The third-order valence-electron chi connectivity index (χ3n) is 3.92. The molecule has 3 rings (SSSR count). The Morgan fingerprint density at radius 3 is 2.71 bits per heavy atom. The Balaban J connectivity index is 1.81. The molecule has 2 heterocycles. The van der Waals surface area contributed by atoms with Gasteiger partial charge in [0.15, 0.2) is 5.44 Å². The van der Waals surface area contributed by atoms with Crippen molar-refractivity contribution in [3.8, 4) is 16.9 Å². The molecule has 0 radical (unpaired) electrons. The van der Waals surface area contributed by atoms with E-state index in [9.17, 15) is 19.7 Å². The highest BCUT2D eigenvalue weighted by atomic mass is 32.2. The molecule has 0 saturated carbocycles. The molecule has 0 aliphatic carbocycles. The summed E-state index contributed by atoms with van der Waals surface area (Å²) in [5, 5.41) is 29.3. The van der Waals surface area contributed by atoms with E-state index in [1.54, 1.807) is 18.3 Å². The average molecular weight is 351 g/mol. The Kier molecular flexibility index (Phi) is 5.05. The summed E-state index contributed by atoms with van der Waals surface area (Å²) in [5.74, 6) is 0.398. The number of aliphatic hydroxyl groups excluding tert-OH is 3. The topological polar surface area (TPSA) is 82.8 Å². The zero-order valence-corrected chi connectivity index (χ0v) is 13.8. The lowest BCUT2D eigenvalue weighted by molar-refractivity contribution is -0.0786. The second-order valence-electron chi connectivity index (χ2n) is 5.74. The number of aromatic nitrogens is 1. The lowest BCUT2D eigenvalue weighted by Crippen LogP contribution is -2.50. The first-order valence-corrected chi connectivity index (χ1v) is 8.54. The third-order valence-corrected chi connectivity index (χ3v) is 5.16. The Bertz CT molecular complexity index is 729.